The van der Waals surface area contributed by atoms with E-state index in [2.05, 4.69) is 42.7 Å². The Hall–Kier alpha value is -3.42. The van der Waals surface area contributed by atoms with Crippen LogP contribution in [-0.2, 0) is 33.4 Å². The number of hydrogen-bond acceptors (Lipinski definition) is 7. The van der Waals surface area contributed by atoms with E-state index in [0.717, 1.165) is 25.2 Å². The molecule has 0 aliphatic rings. The lowest BCUT2D eigenvalue weighted by Crippen LogP contribution is -2.07. The van der Waals surface area contributed by atoms with Gasteiger partial charge in [0.25, 0.3) is 0 Å². The van der Waals surface area contributed by atoms with Gasteiger partial charge < -0.3 is 19.3 Å². The Bertz CT molecular complexity index is 674. The lowest BCUT2D eigenvalue weighted by Gasteiger charge is -2.04. The third-order valence-corrected chi connectivity index (χ3v) is 3.44. The maximum Gasteiger partial charge on any atom is 0.334 e. The van der Waals surface area contributed by atoms with E-state index in [1.165, 1.54) is 31.9 Å². The first kappa shape index (κ1) is 34.2. The minimum absolute atomic E-state index is 0.125. The van der Waals surface area contributed by atoms with E-state index in [-0.39, 0.29) is 30.5 Å². The number of ether oxygens (including phenoxy) is 3. The fraction of sp³-hybridized carbons (Fsp3) is 0.440. The van der Waals surface area contributed by atoms with Crippen LogP contribution in [0.15, 0.2) is 62.0 Å². The van der Waals surface area contributed by atoms with Crippen molar-refractivity contribution < 1.29 is 38.5 Å². The Kier molecular flexibility index (Phi) is 25.7. The van der Waals surface area contributed by atoms with Crippen LogP contribution in [0.2, 0.25) is 0 Å². The van der Waals surface area contributed by atoms with Crippen LogP contribution in [0.4, 0.5) is 0 Å². The Labute approximate surface area is 197 Å². The molecule has 0 aliphatic carbocycles. The predicted octanol–water partition coefficient (Wildman–Crippen LogP) is 5.07. The zero-order chi connectivity index (χ0) is 26.1. The minimum atomic E-state index is -1.06. The number of esters is 3. The smallest absolute Gasteiger partial charge is 0.334 e. The second-order valence-electron chi connectivity index (χ2n) is 6.37. The number of hydrogen-bond donors (Lipinski definition) is 1. The second kappa shape index (κ2) is 24.8. The lowest BCUT2D eigenvalue weighted by molar-refractivity contribution is -0.139. The van der Waals surface area contributed by atoms with Gasteiger partial charge in [0.15, 0.2) is 0 Å². The van der Waals surface area contributed by atoms with Crippen LogP contribution >= 0.6 is 0 Å². The molecular formula is C25H38O8. The molecule has 1 N–H and O–H groups in total. The van der Waals surface area contributed by atoms with Gasteiger partial charge >= 0.3 is 23.9 Å². The number of aliphatic carboxylic acids is 1. The molecule has 0 fully saturated rings. The maximum atomic E-state index is 11.1. The zero-order valence-electron chi connectivity index (χ0n) is 20.1. The SMILES string of the molecule is C=C(CC)C(=O)OCCCCCC.C=CCOC(=O)C(=C)CC=CC(=O)O.C=COC(C)=O. The minimum Gasteiger partial charge on any atom is -0.478 e. The highest BCUT2D eigenvalue weighted by atomic mass is 16.5. The highest BCUT2D eigenvalue weighted by Gasteiger charge is 2.05. The standard InChI is InChI=1S/C11H20O2.C10H12O4.C4H6O2/c1-4-6-7-8-9-13-11(12)10(3)5-2;1-3-7-14-10(13)8(2)5-4-6-9(11)12;1-3-6-4(2)5/h3-9H2,1-2H3;3-4,6H,1-2,5,7H2,(H,11,12);3H,1H2,2H3. The summed E-state index contributed by atoms with van der Waals surface area (Å²) >= 11 is 0. The van der Waals surface area contributed by atoms with Crippen molar-refractivity contribution in [1.82, 2.24) is 0 Å². The van der Waals surface area contributed by atoms with Crippen molar-refractivity contribution in [1.29, 1.82) is 0 Å². The predicted molar refractivity (Wildman–Crippen MR) is 128 cm³/mol. The molecule has 0 spiro atoms. The van der Waals surface area contributed by atoms with Crippen molar-refractivity contribution in [3.8, 4) is 0 Å². The molecule has 33 heavy (non-hydrogen) atoms. The van der Waals surface area contributed by atoms with Crippen LogP contribution in [0.25, 0.3) is 0 Å². The van der Waals surface area contributed by atoms with Crippen molar-refractivity contribution in [2.24, 2.45) is 0 Å². The largest absolute Gasteiger partial charge is 0.478 e. The van der Waals surface area contributed by atoms with Gasteiger partial charge in [-0.1, -0.05) is 71.6 Å². The number of allylic oxidation sites excluding steroid dienone is 1. The Morgan fingerprint density at radius 3 is 1.94 bits per heavy atom. The van der Waals surface area contributed by atoms with Crippen molar-refractivity contribution in [3.05, 3.63) is 62.0 Å². The van der Waals surface area contributed by atoms with Gasteiger partial charge in [0.2, 0.25) is 0 Å². The fourth-order valence-electron chi connectivity index (χ4n) is 1.68. The van der Waals surface area contributed by atoms with Crippen LogP contribution in [0.3, 0.4) is 0 Å². The summed E-state index contributed by atoms with van der Waals surface area (Å²) in [5, 5.41) is 8.26. The quantitative estimate of drug-likeness (QED) is 0.0941. The monoisotopic (exact) mass is 466 g/mol. The molecule has 8 nitrogen and oxygen atoms in total. The Balaban J connectivity index is -0.000000441. The highest BCUT2D eigenvalue weighted by Crippen LogP contribution is 2.03. The van der Waals surface area contributed by atoms with E-state index in [4.69, 9.17) is 9.84 Å². The van der Waals surface area contributed by atoms with Gasteiger partial charge in [0.1, 0.15) is 6.61 Å². The molecule has 0 unspecified atom stereocenters. The molecule has 0 rings (SSSR count). The summed E-state index contributed by atoms with van der Waals surface area (Å²) in [4.78, 5) is 41.9. The van der Waals surface area contributed by atoms with Crippen LogP contribution in [-0.4, -0.2) is 42.2 Å². The number of carbonyl (C=O) groups excluding carboxylic acids is 3. The molecule has 0 saturated carbocycles. The van der Waals surface area contributed by atoms with Gasteiger partial charge in [-0.3, -0.25) is 4.79 Å². The highest BCUT2D eigenvalue weighted by molar-refractivity contribution is 5.88. The summed E-state index contributed by atoms with van der Waals surface area (Å²) < 4.78 is 13.8. The van der Waals surface area contributed by atoms with E-state index in [1.54, 1.807) is 0 Å². The molecule has 186 valence electrons. The summed E-state index contributed by atoms with van der Waals surface area (Å²) in [6.07, 6.45) is 10.2. The van der Waals surface area contributed by atoms with E-state index in [9.17, 15) is 19.2 Å². The molecule has 0 heterocycles. The van der Waals surface area contributed by atoms with E-state index < -0.39 is 11.9 Å². The van der Waals surface area contributed by atoms with Crippen LogP contribution in [0.5, 0.6) is 0 Å². The van der Waals surface area contributed by atoms with Crippen molar-refractivity contribution in [2.45, 2.75) is 59.3 Å². The van der Waals surface area contributed by atoms with Gasteiger partial charge in [0, 0.05) is 24.1 Å². The normalized spacial score (nSPS) is 9.18. The number of rotatable bonds is 14. The van der Waals surface area contributed by atoms with E-state index in [1.807, 2.05) is 6.92 Å². The van der Waals surface area contributed by atoms with Crippen LogP contribution in [0, 0.1) is 0 Å². The first-order chi connectivity index (χ1) is 15.6. The molecule has 0 aromatic carbocycles. The number of unbranched alkanes of at least 4 members (excludes halogenated alkanes) is 3. The zero-order valence-corrected chi connectivity index (χ0v) is 20.1. The summed E-state index contributed by atoms with van der Waals surface area (Å²) in [7, 11) is 0. The summed E-state index contributed by atoms with van der Waals surface area (Å²) in [6.45, 7) is 19.6. The summed E-state index contributed by atoms with van der Waals surface area (Å²) in [5.74, 6) is -2.17. The molecule has 0 atom stereocenters. The van der Waals surface area contributed by atoms with Crippen molar-refractivity contribution >= 4 is 23.9 Å². The van der Waals surface area contributed by atoms with Gasteiger partial charge in [-0.15, -0.1) is 0 Å². The second-order valence-corrected chi connectivity index (χ2v) is 6.37. The average Bonchev–Trinajstić information content (AvgIpc) is 2.76. The molecule has 8 heteroatoms. The van der Waals surface area contributed by atoms with Gasteiger partial charge in [-0.05, 0) is 19.3 Å². The van der Waals surface area contributed by atoms with Gasteiger partial charge in [-0.25, -0.2) is 14.4 Å². The van der Waals surface area contributed by atoms with Crippen LogP contribution < -0.4 is 0 Å². The average molecular weight is 467 g/mol. The summed E-state index contributed by atoms with van der Waals surface area (Å²) in [5.41, 5.74) is 0.778. The van der Waals surface area contributed by atoms with Gasteiger partial charge in [-0.2, -0.15) is 0 Å². The van der Waals surface area contributed by atoms with E-state index in [0.29, 0.717) is 18.6 Å². The molecule has 0 bridgehead atoms. The molecule has 0 aromatic heterocycles. The number of carbonyl (C=O) groups is 4. The first-order valence-electron chi connectivity index (χ1n) is 10.5. The van der Waals surface area contributed by atoms with Crippen molar-refractivity contribution in [2.75, 3.05) is 13.2 Å². The van der Waals surface area contributed by atoms with Gasteiger partial charge in [0.05, 0.1) is 12.9 Å². The third kappa shape index (κ3) is 28.6. The molecule has 0 radical (unpaired) electrons. The first-order valence-corrected chi connectivity index (χ1v) is 10.5. The molecule has 0 aromatic rings. The maximum absolute atomic E-state index is 11.1. The lowest BCUT2D eigenvalue weighted by atomic mass is 10.2. The molecular weight excluding hydrogens is 428 g/mol. The number of carboxylic acids is 1. The molecule has 0 saturated heterocycles. The Morgan fingerprint density at radius 1 is 0.909 bits per heavy atom. The number of carboxylic acid groups (broad SMARTS) is 1. The summed E-state index contributed by atoms with van der Waals surface area (Å²) in [6, 6.07) is 0. The topological polar surface area (TPSA) is 116 Å². The molecule has 0 aliphatic heterocycles. The fourth-order valence-corrected chi connectivity index (χ4v) is 1.68. The Morgan fingerprint density at radius 2 is 1.52 bits per heavy atom. The third-order valence-electron chi connectivity index (χ3n) is 3.44. The van der Waals surface area contributed by atoms with E-state index >= 15 is 0 Å². The molecule has 0 amide bonds. The van der Waals surface area contributed by atoms with Crippen LogP contribution in [0.1, 0.15) is 59.3 Å². The van der Waals surface area contributed by atoms with Crippen molar-refractivity contribution in [3.63, 3.8) is 0 Å².